The zero-order valence-electron chi connectivity index (χ0n) is 22.6. The van der Waals surface area contributed by atoms with E-state index >= 15 is 0 Å². The van der Waals surface area contributed by atoms with Crippen LogP contribution in [0.25, 0.3) is 11.3 Å². The Kier molecular flexibility index (Phi) is 11.3. The summed E-state index contributed by atoms with van der Waals surface area (Å²) in [4.78, 5) is 13.9. The smallest absolute Gasteiger partial charge is 0.416 e. The lowest BCUT2D eigenvalue weighted by Gasteiger charge is -2.16. The second kappa shape index (κ2) is 14.5. The second-order valence-corrected chi connectivity index (χ2v) is 10.6. The van der Waals surface area contributed by atoms with Crippen LogP contribution in [-0.2, 0) is 29.7 Å². The Labute approximate surface area is 247 Å². The van der Waals surface area contributed by atoms with Crippen molar-refractivity contribution in [3.63, 3.8) is 0 Å². The van der Waals surface area contributed by atoms with Gasteiger partial charge in [0.05, 0.1) is 12.1 Å². The highest BCUT2D eigenvalue weighted by molar-refractivity contribution is 7.98. The monoisotopic (exact) mass is 605 g/mol. The summed E-state index contributed by atoms with van der Waals surface area (Å²) in [6, 6.07) is 22.6. The number of aryl methyl sites for hydroxylation is 1. The highest BCUT2D eigenvalue weighted by atomic mass is 35.5. The standard InChI is InChI=1S/C31H30F3NO4S.ClH/c1-21-16-26(12-13-27(21)38-19-30(36)37)40-20-24-17-28(23-8-10-25(11-9-23)31(32,33)34)39-29(24)18-35(2)15-14-22-6-4-3-5-7-22;/h3-13,16-17H,14-15,18-20H2,1-2H3,(H,36,37);1H. The first-order chi connectivity index (χ1) is 19.1. The molecule has 0 aliphatic rings. The average Bonchev–Trinajstić information content (AvgIpc) is 3.32. The lowest BCUT2D eigenvalue weighted by molar-refractivity contribution is -0.139. The number of alkyl halides is 3. The summed E-state index contributed by atoms with van der Waals surface area (Å²) in [6.07, 6.45) is -3.52. The highest BCUT2D eigenvalue weighted by Gasteiger charge is 2.30. The molecule has 0 saturated carbocycles. The van der Waals surface area contributed by atoms with E-state index in [-0.39, 0.29) is 12.4 Å². The fraction of sp³-hybridized carbons (Fsp3) is 0.258. The van der Waals surface area contributed by atoms with Gasteiger partial charge in [-0.1, -0.05) is 42.5 Å². The number of nitrogens with zero attached hydrogens (tertiary/aromatic N) is 1. The largest absolute Gasteiger partial charge is 0.482 e. The molecule has 0 amide bonds. The third-order valence-corrected chi connectivity index (χ3v) is 7.37. The number of halogens is 4. The minimum Gasteiger partial charge on any atom is -0.482 e. The van der Waals surface area contributed by atoms with Crippen molar-refractivity contribution in [2.24, 2.45) is 0 Å². The van der Waals surface area contributed by atoms with Crippen LogP contribution in [0, 0.1) is 6.92 Å². The average molecular weight is 606 g/mol. The summed E-state index contributed by atoms with van der Waals surface area (Å²) >= 11 is 1.59. The van der Waals surface area contributed by atoms with Gasteiger partial charge in [0, 0.05) is 28.3 Å². The fourth-order valence-corrected chi connectivity index (χ4v) is 5.14. The number of carbonyl (C=O) groups is 1. The molecule has 0 saturated heterocycles. The molecule has 10 heteroatoms. The fourth-order valence-electron chi connectivity index (χ4n) is 4.15. The molecule has 1 N–H and O–H groups in total. The van der Waals surface area contributed by atoms with E-state index in [9.17, 15) is 18.0 Å². The molecule has 3 aromatic carbocycles. The Bertz CT molecular complexity index is 1430. The maximum Gasteiger partial charge on any atom is 0.416 e. The number of rotatable bonds is 12. The maximum atomic E-state index is 13.1. The van der Waals surface area contributed by atoms with E-state index in [1.165, 1.54) is 17.7 Å². The molecule has 4 aromatic rings. The zero-order valence-corrected chi connectivity index (χ0v) is 24.2. The van der Waals surface area contributed by atoms with Gasteiger partial charge in [0.15, 0.2) is 6.61 Å². The van der Waals surface area contributed by atoms with Crippen molar-refractivity contribution in [1.82, 2.24) is 4.90 Å². The van der Waals surface area contributed by atoms with Gasteiger partial charge in [0.1, 0.15) is 17.3 Å². The van der Waals surface area contributed by atoms with Gasteiger partial charge in [0.25, 0.3) is 0 Å². The molecular formula is C31H31ClF3NO4S. The number of carboxylic acid groups (broad SMARTS) is 1. The normalized spacial score (nSPS) is 11.4. The Morgan fingerprint density at radius 1 is 1.02 bits per heavy atom. The third-order valence-electron chi connectivity index (χ3n) is 6.32. The number of likely N-dealkylation sites (N-methyl/N-ethyl adjacent to an activating group) is 1. The van der Waals surface area contributed by atoms with Crippen LogP contribution in [0.15, 0.2) is 88.2 Å². The van der Waals surface area contributed by atoms with Crippen molar-refractivity contribution in [3.8, 4) is 17.1 Å². The third kappa shape index (κ3) is 9.31. The van der Waals surface area contributed by atoms with Gasteiger partial charge in [-0.05, 0) is 67.9 Å². The lowest BCUT2D eigenvalue weighted by atomic mass is 10.1. The van der Waals surface area contributed by atoms with Crippen LogP contribution in [-0.4, -0.2) is 36.2 Å². The Morgan fingerprint density at radius 2 is 1.73 bits per heavy atom. The quantitative estimate of drug-likeness (QED) is 0.165. The summed E-state index contributed by atoms with van der Waals surface area (Å²) in [6.45, 7) is 2.80. The molecule has 41 heavy (non-hydrogen) atoms. The number of hydrogen-bond donors (Lipinski definition) is 1. The van der Waals surface area contributed by atoms with Crippen molar-refractivity contribution < 1.29 is 32.2 Å². The molecule has 4 rings (SSSR count). The van der Waals surface area contributed by atoms with Crippen LogP contribution >= 0.6 is 24.2 Å². The van der Waals surface area contributed by atoms with Crippen molar-refractivity contribution in [2.45, 2.75) is 36.7 Å². The SMILES string of the molecule is Cc1cc(SCc2cc(-c3ccc(C(F)(F)F)cc3)oc2CN(C)CCc2ccccc2)ccc1OCC(=O)O.Cl. The molecule has 1 heterocycles. The minimum absolute atomic E-state index is 0. The number of furan rings is 1. The minimum atomic E-state index is -4.40. The molecule has 0 aliphatic carbocycles. The first-order valence-corrected chi connectivity index (χ1v) is 13.7. The van der Waals surface area contributed by atoms with Gasteiger partial charge >= 0.3 is 12.1 Å². The summed E-state index contributed by atoms with van der Waals surface area (Å²) in [5, 5.41) is 8.85. The highest BCUT2D eigenvalue weighted by Crippen LogP contribution is 2.35. The van der Waals surface area contributed by atoms with Gasteiger partial charge in [-0.2, -0.15) is 13.2 Å². The van der Waals surface area contributed by atoms with E-state index in [0.29, 0.717) is 29.4 Å². The maximum absolute atomic E-state index is 13.1. The number of carboxylic acids is 1. The summed E-state index contributed by atoms with van der Waals surface area (Å²) < 4.78 is 50.7. The van der Waals surface area contributed by atoms with E-state index in [4.69, 9.17) is 14.3 Å². The summed E-state index contributed by atoms with van der Waals surface area (Å²) in [7, 11) is 2.01. The first kappa shape index (κ1) is 32.1. The van der Waals surface area contributed by atoms with Crippen molar-refractivity contribution >= 4 is 30.1 Å². The number of ether oxygens (including phenoxy) is 1. The van der Waals surface area contributed by atoms with Gasteiger partial charge in [-0.25, -0.2) is 4.79 Å². The van der Waals surface area contributed by atoms with E-state index in [1.807, 2.05) is 50.4 Å². The predicted octanol–water partition coefficient (Wildman–Crippen LogP) is 8.13. The van der Waals surface area contributed by atoms with Gasteiger partial charge in [-0.3, -0.25) is 4.90 Å². The van der Waals surface area contributed by atoms with Crippen LogP contribution < -0.4 is 4.74 Å². The van der Waals surface area contributed by atoms with Crippen LogP contribution in [0.5, 0.6) is 5.75 Å². The Balaban J connectivity index is 0.00000462. The molecular weight excluding hydrogens is 575 g/mol. The number of hydrogen-bond acceptors (Lipinski definition) is 5. The molecule has 5 nitrogen and oxygen atoms in total. The molecule has 0 atom stereocenters. The first-order valence-electron chi connectivity index (χ1n) is 12.7. The molecule has 0 fully saturated rings. The zero-order chi connectivity index (χ0) is 28.7. The molecule has 0 spiro atoms. The van der Waals surface area contributed by atoms with Crippen molar-refractivity contribution in [3.05, 3.63) is 107 Å². The number of benzene rings is 3. The second-order valence-electron chi connectivity index (χ2n) is 9.51. The molecule has 0 bridgehead atoms. The van der Waals surface area contributed by atoms with E-state index in [2.05, 4.69) is 17.0 Å². The van der Waals surface area contributed by atoms with Crippen LogP contribution in [0.2, 0.25) is 0 Å². The van der Waals surface area contributed by atoms with E-state index < -0.39 is 24.3 Å². The topological polar surface area (TPSA) is 62.9 Å². The van der Waals surface area contributed by atoms with Crippen molar-refractivity contribution in [2.75, 3.05) is 20.2 Å². The molecule has 1 aromatic heterocycles. The van der Waals surface area contributed by atoms with Crippen LogP contribution in [0.3, 0.4) is 0 Å². The molecule has 0 radical (unpaired) electrons. The summed E-state index contributed by atoms with van der Waals surface area (Å²) in [5.74, 6) is 1.34. The van der Waals surface area contributed by atoms with Crippen molar-refractivity contribution in [1.29, 1.82) is 0 Å². The Morgan fingerprint density at radius 3 is 2.37 bits per heavy atom. The van der Waals surface area contributed by atoms with Gasteiger partial charge in [-0.15, -0.1) is 24.2 Å². The molecule has 0 aliphatic heterocycles. The Hall–Kier alpha value is -3.40. The number of thioether (sulfide) groups is 1. The lowest BCUT2D eigenvalue weighted by Crippen LogP contribution is -2.21. The molecule has 218 valence electrons. The summed E-state index contributed by atoms with van der Waals surface area (Å²) in [5.41, 5.74) is 2.89. The van der Waals surface area contributed by atoms with Crippen LogP contribution in [0.1, 0.15) is 28.0 Å². The number of aliphatic carboxylic acids is 1. The molecule has 0 unspecified atom stereocenters. The van der Waals surface area contributed by atoms with Crippen LogP contribution in [0.4, 0.5) is 13.2 Å². The predicted molar refractivity (Wildman–Crippen MR) is 157 cm³/mol. The van der Waals surface area contributed by atoms with E-state index in [0.717, 1.165) is 46.9 Å². The van der Waals surface area contributed by atoms with E-state index in [1.54, 1.807) is 17.8 Å². The van der Waals surface area contributed by atoms with Gasteiger partial charge < -0.3 is 14.3 Å². The van der Waals surface area contributed by atoms with Gasteiger partial charge in [0.2, 0.25) is 0 Å².